The van der Waals surface area contributed by atoms with Gasteiger partial charge in [0.05, 0.1) is 0 Å². The highest BCUT2D eigenvalue weighted by Gasteiger charge is 2.11. The smallest absolute Gasteiger partial charge is 0.253 e. The Labute approximate surface area is 69.6 Å². The van der Waals surface area contributed by atoms with Crippen molar-refractivity contribution in [2.24, 2.45) is 0 Å². The summed E-state index contributed by atoms with van der Waals surface area (Å²) in [6.45, 7) is 0. The monoisotopic (exact) mass is 208 g/mol. The van der Waals surface area contributed by atoms with Crippen LogP contribution in [0, 0.1) is 0 Å². The highest BCUT2D eigenvalue weighted by Crippen LogP contribution is 2.56. The van der Waals surface area contributed by atoms with Gasteiger partial charge in [0.25, 0.3) is 5.85 Å². The van der Waals surface area contributed by atoms with Crippen molar-refractivity contribution in [2.75, 3.05) is 12.0 Å². The summed E-state index contributed by atoms with van der Waals surface area (Å²) in [7, 11) is 0. The maximum atomic E-state index is 10.6. The molecule has 0 aliphatic carbocycles. The minimum Gasteiger partial charge on any atom is -0.289 e. The minimum absolute atomic E-state index is 0.378. The number of hydrogen-bond donors (Lipinski definition) is 0. The van der Waals surface area contributed by atoms with Crippen molar-refractivity contribution in [3.63, 3.8) is 0 Å². The van der Waals surface area contributed by atoms with Crippen LogP contribution in [-0.4, -0.2) is 12.0 Å². The van der Waals surface area contributed by atoms with Crippen LogP contribution in [0.3, 0.4) is 0 Å². The summed E-state index contributed by atoms with van der Waals surface area (Å²) in [5.74, 6) is -2.23. The second-order valence-electron chi connectivity index (χ2n) is 1.69. The Morgan fingerprint density at radius 2 is 1.78 bits per heavy atom. The van der Waals surface area contributed by atoms with Crippen LogP contribution in [0.15, 0.2) is 0 Å². The summed E-state index contributed by atoms with van der Waals surface area (Å²) in [5.41, 5.74) is 0. The lowest BCUT2D eigenvalue weighted by atomic mass is 10.4. The number of alkyl halides is 1. The van der Waals surface area contributed by atoms with E-state index in [1.807, 2.05) is 0 Å². The maximum absolute atomic E-state index is 10.6. The van der Waals surface area contributed by atoms with Gasteiger partial charge in [-0.3, -0.25) is 4.57 Å². The first-order chi connectivity index (χ1) is 4.06. The molecule has 0 aliphatic heterocycles. The fourth-order valence-corrected chi connectivity index (χ4v) is 1.89. The van der Waals surface area contributed by atoms with Gasteiger partial charge >= 0.3 is 0 Å². The van der Waals surface area contributed by atoms with E-state index in [0.717, 1.165) is 12.8 Å². The molecule has 0 N–H and O–H groups in total. The fraction of sp³-hybridized carbons (Fsp3) is 1.00. The van der Waals surface area contributed by atoms with E-state index in [9.17, 15) is 4.57 Å². The first-order valence-corrected chi connectivity index (χ1v) is 6.84. The van der Waals surface area contributed by atoms with Gasteiger partial charge in [-0.05, 0) is 35.3 Å². The molecule has 0 rings (SSSR count). The zero-order chi connectivity index (χ0) is 7.33. The number of rotatable bonds is 4. The molecular formula is C4H8Cl3OP. The van der Waals surface area contributed by atoms with Crippen LogP contribution < -0.4 is 0 Å². The van der Waals surface area contributed by atoms with E-state index in [4.69, 9.17) is 34.1 Å². The first kappa shape index (κ1) is 10.1. The summed E-state index contributed by atoms with van der Waals surface area (Å²) in [6, 6.07) is 0. The highest BCUT2D eigenvalue weighted by atomic mass is 35.9. The third kappa shape index (κ3) is 9.10. The highest BCUT2D eigenvalue weighted by molar-refractivity contribution is 8.08. The molecule has 0 amide bonds. The molecule has 0 spiro atoms. The second kappa shape index (κ2) is 4.85. The van der Waals surface area contributed by atoms with Gasteiger partial charge in [0.15, 0.2) is 0 Å². The van der Waals surface area contributed by atoms with Gasteiger partial charge in [-0.15, -0.1) is 11.6 Å². The van der Waals surface area contributed by atoms with E-state index < -0.39 is 5.85 Å². The van der Waals surface area contributed by atoms with Gasteiger partial charge < -0.3 is 0 Å². The Balaban J connectivity index is 3.18. The van der Waals surface area contributed by atoms with Crippen molar-refractivity contribution in [1.82, 2.24) is 0 Å². The number of halogens is 3. The lowest BCUT2D eigenvalue weighted by Gasteiger charge is -1.97. The zero-order valence-electron chi connectivity index (χ0n) is 4.82. The normalized spacial score (nSPS) is 11.9. The lowest BCUT2D eigenvalue weighted by Crippen LogP contribution is -1.80. The molecule has 0 saturated carbocycles. The molecule has 0 aromatic rings. The molecule has 0 aromatic heterocycles. The predicted octanol–water partition coefficient (Wildman–Crippen LogP) is 3.68. The molecule has 5 heteroatoms. The van der Waals surface area contributed by atoms with Crippen LogP contribution in [-0.2, 0) is 4.57 Å². The standard InChI is InChI=1S/C4H8Cl3OP/c5-3-1-2-4-9(6,7)8/h1-4H2. The Morgan fingerprint density at radius 3 is 2.11 bits per heavy atom. The van der Waals surface area contributed by atoms with Crippen molar-refractivity contribution in [3.8, 4) is 0 Å². The topological polar surface area (TPSA) is 17.1 Å². The molecule has 0 aromatic carbocycles. The number of hydrogen-bond acceptors (Lipinski definition) is 1. The van der Waals surface area contributed by atoms with Crippen LogP contribution in [0.4, 0.5) is 0 Å². The molecule has 56 valence electrons. The molecule has 1 nitrogen and oxygen atoms in total. The van der Waals surface area contributed by atoms with Gasteiger partial charge in [-0.1, -0.05) is 0 Å². The van der Waals surface area contributed by atoms with Crippen molar-refractivity contribution >= 4 is 39.9 Å². The van der Waals surface area contributed by atoms with Gasteiger partial charge in [-0.2, -0.15) is 0 Å². The van der Waals surface area contributed by atoms with Gasteiger partial charge in [0.1, 0.15) is 0 Å². The number of unbranched alkanes of at least 4 members (excludes halogenated alkanes) is 1. The average Bonchev–Trinajstić information content (AvgIpc) is 1.63. The van der Waals surface area contributed by atoms with E-state index in [0.29, 0.717) is 12.0 Å². The van der Waals surface area contributed by atoms with E-state index in [1.54, 1.807) is 0 Å². The first-order valence-electron chi connectivity index (χ1n) is 2.60. The van der Waals surface area contributed by atoms with Crippen molar-refractivity contribution < 1.29 is 4.57 Å². The molecule has 0 aliphatic rings. The average molecular weight is 209 g/mol. The maximum Gasteiger partial charge on any atom is 0.253 e. The molecule has 0 saturated heterocycles. The molecule has 0 heterocycles. The SMILES string of the molecule is O=P(Cl)(Cl)CCCCCl. The molecule has 0 unspecified atom stereocenters. The summed E-state index contributed by atoms with van der Waals surface area (Å²) in [5, 5.41) is 0. The van der Waals surface area contributed by atoms with Gasteiger partial charge in [-0.25, -0.2) is 0 Å². The second-order valence-corrected chi connectivity index (χ2v) is 7.45. The molecule has 0 atom stereocenters. The third-order valence-electron chi connectivity index (χ3n) is 0.802. The van der Waals surface area contributed by atoms with Gasteiger partial charge in [0.2, 0.25) is 0 Å². The molecule has 9 heavy (non-hydrogen) atoms. The van der Waals surface area contributed by atoms with Crippen LogP contribution in [0.25, 0.3) is 0 Å². The van der Waals surface area contributed by atoms with Gasteiger partial charge in [0, 0.05) is 12.0 Å². The quantitative estimate of drug-likeness (QED) is 0.392. The summed E-state index contributed by atoms with van der Waals surface area (Å²) in [6.07, 6.45) is 1.95. The van der Waals surface area contributed by atoms with Crippen molar-refractivity contribution in [1.29, 1.82) is 0 Å². The van der Waals surface area contributed by atoms with E-state index >= 15 is 0 Å². The van der Waals surface area contributed by atoms with Crippen LogP contribution in [0.2, 0.25) is 0 Å². The van der Waals surface area contributed by atoms with Crippen LogP contribution >= 0.6 is 39.9 Å². The van der Waals surface area contributed by atoms with E-state index in [1.165, 1.54) is 0 Å². The van der Waals surface area contributed by atoms with E-state index in [2.05, 4.69) is 0 Å². The Hall–Kier alpha value is 1.10. The van der Waals surface area contributed by atoms with Crippen molar-refractivity contribution in [3.05, 3.63) is 0 Å². The molecule has 0 radical (unpaired) electrons. The van der Waals surface area contributed by atoms with E-state index in [-0.39, 0.29) is 0 Å². The minimum atomic E-state index is -2.81. The Bertz CT molecular complexity index is 110. The van der Waals surface area contributed by atoms with Crippen molar-refractivity contribution in [2.45, 2.75) is 12.8 Å². The van der Waals surface area contributed by atoms with Crippen LogP contribution in [0.1, 0.15) is 12.8 Å². The third-order valence-corrected chi connectivity index (χ3v) is 2.92. The predicted molar refractivity (Wildman–Crippen MR) is 44.1 cm³/mol. The summed E-state index contributed by atoms with van der Waals surface area (Å²) < 4.78 is 10.6. The summed E-state index contributed by atoms with van der Waals surface area (Å²) in [4.78, 5) is 0. The zero-order valence-corrected chi connectivity index (χ0v) is 7.98. The Kier molecular flexibility index (Phi) is 5.44. The lowest BCUT2D eigenvalue weighted by molar-refractivity contribution is 0.591. The Morgan fingerprint density at radius 1 is 1.22 bits per heavy atom. The largest absolute Gasteiger partial charge is 0.289 e. The summed E-state index contributed by atoms with van der Waals surface area (Å²) >= 11 is 15.8. The molecular weight excluding hydrogens is 201 g/mol. The molecule has 0 fully saturated rings. The van der Waals surface area contributed by atoms with Crippen LogP contribution in [0.5, 0.6) is 0 Å². The fourth-order valence-electron chi connectivity index (χ4n) is 0.390. The molecule has 0 bridgehead atoms.